The topological polar surface area (TPSA) is 90.5 Å². The number of hydrogen-bond acceptors (Lipinski definition) is 3. The molecule has 3 N–H and O–H groups in total. The first-order valence-corrected chi connectivity index (χ1v) is 8.96. The normalized spacial score (nSPS) is 15.3. The average Bonchev–Trinajstić information content (AvgIpc) is 2.59. The van der Waals surface area contributed by atoms with Crippen LogP contribution in [0.5, 0.6) is 0 Å². The van der Waals surface area contributed by atoms with E-state index in [0.717, 1.165) is 12.8 Å². The van der Waals surface area contributed by atoms with Gasteiger partial charge in [0.1, 0.15) is 0 Å². The van der Waals surface area contributed by atoms with Crippen molar-refractivity contribution in [3.8, 4) is 0 Å². The molecule has 0 aliphatic carbocycles. The molecule has 1 aromatic carbocycles. The third-order valence-corrected chi connectivity index (χ3v) is 4.17. The number of urea groups is 1. The molecule has 0 bridgehead atoms. The molecule has 0 spiro atoms. The molecule has 7 heteroatoms. The lowest BCUT2D eigenvalue weighted by atomic mass is 9.97. The first-order valence-electron chi connectivity index (χ1n) is 8.96. The van der Waals surface area contributed by atoms with Crippen LogP contribution in [0.25, 0.3) is 0 Å². The minimum Gasteiger partial charge on any atom is -0.348 e. The van der Waals surface area contributed by atoms with Gasteiger partial charge < -0.3 is 20.9 Å². The van der Waals surface area contributed by atoms with Gasteiger partial charge in [-0.05, 0) is 51.7 Å². The highest BCUT2D eigenvalue weighted by atomic mass is 16.2. The summed E-state index contributed by atoms with van der Waals surface area (Å²) in [5.41, 5.74) is 0.333. The Morgan fingerprint density at radius 1 is 1.04 bits per heavy atom. The predicted molar refractivity (Wildman–Crippen MR) is 101 cm³/mol. The van der Waals surface area contributed by atoms with Gasteiger partial charge in [-0.1, -0.05) is 18.2 Å². The maximum atomic E-state index is 12.1. The van der Waals surface area contributed by atoms with Gasteiger partial charge in [0.25, 0.3) is 0 Å². The van der Waals surface area contributed by atoms with Crippen LogP contribution in [-0.4, -0.2) is 47.9 Å². The highest BCUT2D eigenvalue weighted by Gasteiger charge is 2.25. The number of benzene rings is 1. The van der Waals surface area contributed by atoms with Crippen LogP contribution in [0.4, 0.5) is 10.5 Å². The molecule has 1 fully saturated rings. The lowest BCUT2D eigenvalue weighted by molar-refractivity contribution is -0.136. The largest absolute Gasteiger partial charge is 0.348 e. The number of anilines is 1. The Bertz CT molecular complexity index is 632. The monoisotopic (exact) mass is 360 g/mol. The molecule has 0 aromatic heterocycles. The molecule has 1 heterocycles. The highest BCUT2D eigenvalue weighted by Crippen LogP contribution is 2.17. The Balaban J connectivity index is 1.70. The number of hydrogen-bond donors (Lipinski definition) is 3. The van der Waals surface area contributed by atoms with E-state index in [2.05, 4.69) is 16.0 Å². The second-order valence-corrected chi connectivity index (χ2v) is 7.64. The van der Waals surface area contributed by atoms with Crippen LogP contribution in [0.15, 0.2) is 30.3 Å². The highest BCUT2D eigenvalue weighted by molar-refractivity contribution is 6.39. The van der Waals surface area contributed by atoms with Crippen LogP contribution in [0, 0.1) is 5.92 Å². The lowest BCUT2D eigenvalue weighted by Crippen LogP contribution is -2.51. The number of likely N-dealkylation sites (tertiary alicyclic amines) is 1. The van der Waals surface area contributed by atoms with Gasteiger partial charge in [0, 0.05) is 30.9 Å². The van der Waals surface area contributed by atoms with E-state index in [1.807, 2.05) is 26.8 Å². The van der Waals surface area contributed by atoms with E-state index >= 15 is 0 Å². The zero-order valence-corrected chi connectivity index (χ0v) is 15.7. The van der Waals surface area contributed by atoms with Gasteiger partial charge in [0.05, 0.1) is 0 Å². The van der Waals surface area contributed by atoms with Crippen LogP contribution >= 0.6 is 0 Å². The molecule has 0 atom stereocenters. The Labute approximate surface area is 154 Å². The van der Waals surface area contributed by atoms with Crippen molar-refractivity contribution in [2.45, 2.75) is 39.2 Å². The molecule has 1 aliphatic heterocycles. The minimum atomic E-state index is -0.668. The zero-order valence-electron chi connectivity index (χ0n) is 15.7. The molecule has 2 rings (SSSR count). The molecular weight excluding hydrogens is 332 g/mol. The van der Waals surface area contributed by atoms with E-state index in [4.69, 9.17) is 0 Å². The van der Waals surface area contributed by atoms with Gasteiger partial charge in [0.15, 0.2) is 0 Å². The van der Waals surface area contributed by atoms with Gasteiger partial charge in [0.2, 0.25) is 0 Å². The molecule has 1 aliphatic rings. The first kappa shape index (κ1) is 19.8. The maximum absolute atomic E-state index is 12.1. The van der Waals surface area contributed by atoms with Crippen LogP contribution in [0.1, 0.15) is 33.6 Å². The summed E-state index contributed by atoms with van der Waals surface area (Å²) in [5, 5.41) is 8.20. The second kappa shape index (κ2) is 8.69. The molecular formula is C19H28N4O3. The summed E-state index contributed by atoms with van der Waals surface area (Å²) in [4.78, 5) is 37.7. The number of nitrogens with one attached hydrogen (secondary N) is 3. The summed E-state index contributed by atoms with van der Waals surface area (Å²) in [6, 6.07) is 8.81. The predicted octanol–water partition coefficient (Wildman–Crippen LogP) is 1.96. The number of nitrogens with zero attached hydrogens (tertiary/aromatic N) is 1. The molecule has 1 saturated heterocycles. The Morgan fingerprint density at radius 2 is 1.65 bits per heavy atom. The summed E-state index contributed by atoms with van der Waals surface area (Å²) in [5.74, 6) is -1.04. The third-order valence-electron chi connectivity index (χ3n) is 4.17. The summed E-state index contributed by atoms with van der Waals surface area (Å²) < 4.78 is 0. The molecule has 7 nitrogen and oxygen atoms in total. The fourth-order valence-corrected chi connectivity index (χ4v) is 2.77. The standard InChI is InChI=1S/C19H28N4O3/c1-19(2,3)22-18(26)23-11-9-14(10-12-23)13-20-16(24)17(25)21-15-7-5-4-6-8-15/h4-8,14H,9-13H2,1-3H3,(H,20,24)(H,21,25)(H,22,26). The van der Waals surface area contributed by atoms with Crippen LogP contribution < -0.4 is 16.0 Å². The molecule has 0 unspecified atom stereocenters. The Hall–Kier alpha value is -2.57. The first-order chi connectivity index (χ1) is 12.2. The van der Waals surface area contributed by atoms with Crippen molar-refractivity contribution >= 4 is 23.5 Å². The average molecular weight is 360 g/mol. The van der Waals surface area contributed by atoms with Crippen molar-refractivity contribution in [3.05, 3.63) is 30.3 Å². The lowest BCUT2D eigenvalue weighted by Gasteiger charge is -2.34. The van der Waals surface area contributed by atoms with Crippen molar-refractivity contribution in [3.63, 3.8) is 0 Å². The smallest absolute Gasteiger partial charge is 0.317 e. The Morgan fingerprint density at radius 3 is 2.23 bits per heavy atom. The fraction of sp³-hybridized carbons (Fsp3) is 0.526. The fourth-order valence-electron chi connectivity index (χ4n) is 2.77. The number of carbonyl (C=O) groups is 3. The molecule has 0 saturated carbocycles. The van der Waals surface area contributed by atoms with Crippen LogP contribution in [0.2, 0.25) is 0 Å². The molecule has 142 valence electrons. The van der Waals surface area contributed by atoms with Crippen LogP contribution in [0.3, 0.4) is 0 Å². The number of piperidine rings is 1. The van der Waals surface area contributed by atoms with E-state index in [1.165, 1.54) is 0 Å². The minimum absolute atomic E-state index is 0.0535. The summed E-state index contributed by atoms with van der Waals surface area (Å²) in [6.45, 7) is 7.60. The van der Waals surface area contributed by atoms with Gasteiger partial charge in [-0.3, -0.25) is 9.59 Å². The number of rotatable bonds is 3. The van der Waals surface area contributed by atoms with Gasteiger partial charge in [-0.15, -0.1) is 0 Å². The molecule has 1 aromatic rings. The van der Waals surface area contributed by atoms with Crippen molar-refractivity contribution in [1.82, 2.24) is 15.5 Å². The van der Waals surface area contributed by atoms with E-state index < -0.39 is 11.8 Å². The SMILES string of the molecule is CC(C)(C)NC(=O)N1CCC(CNC(=O)C(=O)Nc2ccccc2)CC1. The van der Waals surface area contributed by atoms with Gasteiger partial charge in [-0.25, -0.2) is 4.79 Å². The summed E-state index contributed by atoms with van der Waals surface area (Å²) in [7, 11) is 0. The van der Waals surface area contributed by atoms with Crippen molar-refractivity contribution in [2.24, 2.45) is 5.92 Å². The quantitative estimate of drug-likeness (QED) is 0.720. The number of para-hydroxylation sites is 1. The van der Waals surface area contributed by atoms with E-state index in [9.17, 15) is 14.4 Å². The number of carbonyl (C=O) groups excluding carboxylic acids is 3. The van der Waals surface area contributed by atoms with E-state index in [0.29, 0.717) is 25.3 Å². The third kappa shape index (κ3) is 6.38. The summed E-state index contributed by atoms with van der Waals surface area (Å²) >= 11 is 0. The van der Waals surface area contributed by atoms with Gasteiger partial charge in [-0.2, -0.15) is 0 Å². The van der Waals surface area contributed by atoms with Gasteiger partial charge >= 0.3 is 17.8 Å². The molecule has 26 heavy (non-hydrogen) atoms. The van der Waals surface area contributed by atoms with Crippen molar-refractivity contribution in [1.29, 1.82) is 0 Å². The van der Waals surface area contributed by atoms with Crippen LogP contribution in [-0.2, 0) is 9.59 Å². The number of amides is 4. The zero-order chi connectivity index (χ0) is 19.2. The van der Waals surface area contributed by atoms with Crippen molar-refractivity contribution in [2.75, 3.05) is 25.0 Å². The van der Waals surface area contributed by atoms with Crippen molar-refractivity contribution < 1.29 is 14.4 Å². The molecule has 0 radical (unpaired) electrons. The summed E-state index contributed by atoms with van der Waals surface area (Å²) in [6.07, 6.45) is 1.61. The Kier molecular flexibility index (Phi) is 6.60. The molecule has 4 amide bonds. The second-order valence-electron chi connectivity index (χ2n) is 7.64. The van der Waals surface area contributed by atoms with E-state index in [1.54, 1.807) is 29.2 Å². The maximum Gasteiger partial charge on any atom is 0.317 e. The van der Waals surface area contributed by atoms with E-state index in [-0.39, 0.29) is 17.5 Å².